The zero-order valence-corrected chi connectivity index (χ0v) is 19.6. The van der Waals surface area contributed by atoms with Crippen LogP contribution in [0.4, 0.5) is 11.5 Å². The summed E-state index contributed by atoms with van der Waals surface area (Å²) < 4.78 is 11.0. The number of amides is 1. The van der Waals surface area contributed by atoms with Crippen molar-refractivity contribution >= 4 is 29.0 Å². The van der Waals surface area contributed by atoms with Gasteiger partial charge in [-0.05, 0) is 37.6 Å². The fourth-order valence-electron chi connectivity index (χ4n) is 3.89. The Bertz CT molecular complexity index is 1010. The van der Waals surface area contributed by atoms with Crippen LogP contribution in [0.2, 0.25) is 5.02 Å². The predicted molar refractivity (Wildman–Crippen MR) is 128 cm³/mol. The Morgan fingerprint density at radius 3 is 2.97 bits per heavy atom. The van der Waals surface area contributed by atoms with E-state index in [1.165, 1.54) is 13.2 Å². The van der Waals surface area contributed by atoms with Gasteiger partial charge < -0.3 is 30.7 Å². The highest BCUT2D eigenvalue weighted by molar-refractivity contribution is 6.33. The lowest BCUT2D eigenvalue weighted by atomic mass is 10.0. The topological polar surface area (TPSA) is 126 Å². The molecule has 3 rings (SSSR count). The minimum Gasteiger partial charge on any atom is -0.496 e. The van der Waals surface area contributed by atoms with E-state index in [1.807, 2.05) is 0 Å². The molecule has 2 aromatic rings. The number of nitrogens with one attached hydrogen (secondary N) is 2. The van der Waals surface area contributed by atoms with Crippen molar-refractivity contribution in [3.63, 3.8) is 0 Å². The molecule has 33 heavy (non-hydrogen) atoms. The largest absolute Gasteiger partial charge is 0.496 e. The number of anilines is 2. The predicted octanol–water partition coefficient (Wildman–Crippen LogP) is 2.52. The number of methoxy groups -OCH3 is 2. The number of benzene rings is 1. The molecular weight excluding hydrogens is 444 g/mol. The van der Waals surface area contributed by atoms with Crippen molar-refractivity contribution in [2.75, 3.05) is 51.4 Å². The van der Waals surface area contributed by atoms with E-state index in [0.29, 0.717) is 46.5 Å². The second kappa shape index (κ2) is 11.7. The van der Waals surface area contributed by atoms with Gasteiger partial charge in [0, 0.05) is 39.0 Å². The van der Waals surface area contributed by atoms with Gasteiger partial charge in [-0.1, -0.05) is 11.6 Å². The van der Waals surface area contributed by atoms with Gasteiger partial charge in [0.25, 0.3) is 5.91 Å². The smallest absolute Gasteiger partial charge is 0.255 e. The number of likely N-dealkylation sites (tertiary alicyclic amines) is 1. The molecule has 0 aliphatic carbocycles. The van der Waals surface area contributed by atoms with Crippen molar-refractivity contribution < 1.29 is 14.3 Å². The highest BCUT2D eigenvalue weighted by Crippen LogP contribution is 2.29. The van der Waals surface area contributed by atoms with E-state index < -0.39 is 0 Å². The molecule has 1 amide bonds. The molecule has 9 nitrogen and oxygen atoms in total. The highest BCUT2D eigenvalue weighted by atomic mass is 35.5. The van der Waals surface area contributed by atoms with Gasteiger partial charge >= 0.3 is 0 Å². The van der Waals surface area contributed by atoms with Crippen LogP contribution in [0.1, 0.15) is 28.8 Å². The van der Waals surface area contributed by atoms with Crippen molar-refractivity contribution in [1.29, 1.82) is 5.26 Å². The molecule has 0 radical (unpaired) electrons. The lowest BCUT2D eigenvalue weighted by molar-refractivity contribution is 0.00638. The molecule has 0 bridgehead atoms. The molecular formula is C23H29ClN6O3. The van der Waals surface area contributed by atoms with Crippen molar-refractivity contribution in [1.82, 2.24) is 15.2 Å². The van der Waals surface area contributed by atoms with Gasteiger partial charge in [0.1, 0.15) is 17.6 Å². The molecule has 1 aliphatic rings. The quantitative estimate of drug-likeness (QED) is 0.375. The Labute approximate surface area is 198 Å². The number of nitrogen functional groups attached to an aromatic ring is 1. The fourth-order valence-corrected chi connectivity index (χ4v) is 4.06. The average Bonchev–Trinajstić information content (AvgIpc) is 2.84. The van der Waals surface area contributed by atoms with E-state index >= 15 is 0 Å². The van der Waals surface area contributed by atoms with Gasteiger partial charge in [0.15, 0.2) is 0 Å². The van der Waals surface area contributed by atoms with Crippen LogP contribution in [0, 0.1) is 11.3 Å². The number of halogens is 1. The number of nitrogens with two attached hydrogens (primary N) is 1. The number of carbonyl (C=O) groups excluding carboxylic acids is 1. The first-order valence-electron chi connectivity index (χ1n) is 10.7. The minimum absolute atomic E-state index is 0.135. The van der Waals surface area contributed by atoms with E-state index in [2.05, 4.69) is 26.6 Å². The number of ether oxygens (including phenoxy) is 2. The van der Waals surface area contributed by atoms with Gasteiger partial charge in [-0.15, -0.1) is 0 Å². The molecule has 1 aliphatic heterocycles. The second-order valence-electron chi connectivity index (χ2n) is 7.81. The number of piperidine rings is 1. The molecule has 176 valence electrons. The summed E-state index contributed by atoms with van der Waals surface area (Å²) in [5, 5.41) is 15.7. The zero-order chi connectivity index (χ0) is 23.8. The molecule has 10 heteroatoms. The Morgan fingerprint density at radius 2 is 2.24 bits per heavy atom. The first-order chi connectivity index (χ1) is 16.0. The van der Waals surface area contributed by atoms with Crippen LogP contribution in [-0.4, -0.2) is 68.3 Å². The summed E-state index contributed by atoms with van der Waals surface area (Å²) in [5.41, 5.74) is 7.04. The van der Waals surface area contributed by atoms with E-state index in [-0.39, 0.29) is 18.1 Å². The Kier molecular flexibility index (Phi) is 8.72. The fraction of sp³-hybridized carbons (Fsp3) is 0.435. The lowest BCUT2D eigenvalue weighted by Gasteiger charge is -2.38. The molecule has 1 aromatic carbocycles. The van der Waals surface area contributed by atoms with Crippen LogP contribution >= 0.6 is 11.6 Å². The van der Waals surface area contributed by atoms with Crippen molar-refractivity contribution in [2.45, 2.75) is 25.0 Å². The minimum atomic E-state index is -0.276. The molecule has 1 aromatic heterocycles. The highest BCUT2D eigenvalue weighted by Gasteiger charge is 2.31. The average molecular weight is 473 g/mol. The monoisotopic (exact) mass is 472 g/mol. The normalized spacial score (nSPS) is 18.4. The van der Waals surface area contributed by atoms with Gasteiger partial charge in [-0.3, -0.25) is 4.79 Å². The summed E-state index contributed by atoms with van der Waals surface area (Å²) in [4.78, 5) is 19.4. The Hall–Kier alpha value is -3.06. The summed E-state index contributed by atoms with van der Waals surface area (Å²) in [6.45, 7) is 3.10. The Balaban J connectivity index is 1.51. The number of nitrogens with zero attached hydrogens (tertiary/aromatic N) is 3. The number of aromatic nitrogens is 1. The van der Waals surface area contributed by atoms with E-state index in [4.69, 9.17) is 32.1 Å². The first-order valence-corrected chi connectivity index (χ1v) is 11.1. The third-order valence-corrected chi connectivity index (χ3v) is 6.02. The molecule has 4 N–H and O–H groups in total. The lowest BCUT2D eigenvalue weighted by Crippen LogP contribution is -2.55. The van der Waals surface area contributed by atoms with Crippen LogP contribution in [0.25, 0.3) is 0 Å². The van der Waals surface area contributed by atoms with Crippen LogP contribution in [-0.2, 0) is 4.74 Å². The molecule has 0 unspecified atom stereocenters. The van der Waals surface area contributed by atoms with Gasteiger partial charge in [-0.2, -0.15) is 5.26 Å². The van der Waals surface area contributed by atoms with Crippen LogP contribution in [0.3, 0.4) is 0 Å². The van der Waals surface area contributed by atoms with Gasteiger partial charge in [0.2, 0.25) is 0 Å². The van der Waals surface area contributed by atoms with E-state index in [1.54, 1.807) is 31.5 Å². The Morgan fingerprint density at radius 1 is 1.42 bits per heavy atom. The second-order valence-corrected chi connectivity index (χ2v) is 8.22. The van der Waals surface area contributed by atoms with Crippen molar-refractivity contribution in [3.05, 3.63) is 46.6 Å². The van der Waals surface area contributed by atoms with Gasteiger partial charge in [-0.25, -0.2) is 4.98 Å². The maximum atomic E-state index is 12.9. The third kappa shape index (κ3) is 6.26. The molecule has 1 saturated heterocycles. The summed E-state index contributed by atoms with van der Waals surface area (Å²) in [6, 6.07) is 8.56. The molecule has 0 spiro atoms. The van der Waals surface area contributed by atoms with Crippen molar-refractivity contribution in [2.24, 2.45) is 0 Å². The molecule has 0 saturated carbocycles. The van der Waals surface area contributed by atoms with E-state index in [0.717, 1.165) is 25.9 Å². The molecule has 1 fully saturated rings. The maximum absolute atomic E-state index is 12.9. The summed E-state index contributed by atoms with van der Waals surface area (Å²) in [7, 11) is 3.14. The number of rotatable bonds is 9. The first kappa shape index (κ1) is 24.6. The molecule has 2 atom stereocenters. The number of hydrogen-bond donors (Lipinski definition) is 3. The zero-order valence-electron chi connectivity index (χ0n) is 18.8. The van der Waals surface area contributed by atoms with Crippen LogP contribution in [0.5, 0.6) is 5.75 Å². The molecule has 2 heterocycles. The summed E-state index contributed by atoms with van der Waals surface area (Å²) >= 11 is 6.10. The summed E-state index contributed by atoms with van der Waals surface area (Å²) in [6.07, 6.45) is 3.16. The van der Waals surface area contributed by atoms with Crippen LogP contribution < -0.4 is 21.1 Å². The number of nitriles is 1. The third-order valence-electron chi connectivity index (χ3n) is 5.70. The van der Waals surface area contributed by atoms with E-state index in [9.17, 15) is 4.79 Å². The summed E-state index contributed by atoms with van der Waals surface area (Å²) in [5.74, 6) is 0.706. The van der Waals surface area contributed by atoms with Crippen molar-refractivity contribution in [3.8, 4) is 11.8 Å². The standard InChI is InChI=1S/C23H29ClN6O3/c1-32-20-12-18(26)17(24)11-16(20)23(31)29-19-6-10-30(14-21(19)33-2)9-4-8-28-22-15(13-25)5-3-7-27-22/h3,5,7,11-12,19,21H,4,6,8-10,14,26H2,1-2H3,(H,27,28)(H,29,31)/t19-,21+/m0/s1. The number of hydrogen-bond acceptors (Lipinski definition) is 8. The maximum Gasteiger partial charge on any atom is 0.255 e. The SMILES string of the molecule is COc1cc(N)c(Cl)cc1C(=O)N[C@H]1CCN(CCCNc2ncccc2C#N)C[C@H]1OC. The van der Waals surface area contributed by atoms with Gasteiger partial charge in [0.05, 0.1) is 41.1 Å². The van der Waals surface area contributed by atoms with Crippen LogP contribution in [0.15, 0.2) is 30.5 Å². The number of pyridine rings is 1. The number of carbonyl (C=O) groups is 1.